The van der Waals surface area contributed by atoms with Crippen LogP contribution in [0.5, 0.6) is 0 Å². The number of rotatable bonds is 3. The summed E-state index contributed by atoms with van der Waals surface area (Å²) in [6.45, 7) is 10.2. The van der Waals surface area contributed by atoms with Crippen molar-refractivity contribution in [3.8, 4) is 0 Å². The molecule has 4 nitrogen and oxygen atoms in total. The highest BCUT2D eigenvalue weighted by Crippen LogP contribution is 2.42. The van der Waals surface area contributed by atoms with E-state index in [9.17, 15) is 10.2 Å². The Morgan fingerprint density at radius 2 is 1.71 bits per heavy atom. The van der Waals surface area contributed by atoms with Gasteiger partial charge in [-0.25, -0.2) is 0 Å². The minimum absolute atomic E-state index is 0.0686. The molecular weight excluding hydrogens is 266 g/mol. The number of hydrogen-bond acceptors (Lipinski definition) is 4. The molecule has 2 unspecified atom stereocenters. The Kier molecular flexibility index (Phi) is 4.37. The largest absolute Gasteiger partial charge is 0.393 e. The average molecular weight is 295 g/mol. The minimum Gasteiger partial charge on any atom is -0.393 e. The van der Waals surface area contributed by atoms with E-state index in [-0.39, 0.29) is 23.1 Å². The summed E-state index contributed by atoms with van der Waals surface area (Å²) in [5.74, 6) is -1.39. The normalized spacial score (nSPS) is 36.0. The lowest BCUT2D eigenvalue weighted by molar-refractivity contribution is -0.389. The first-order valence-corrected chi connectivity index (χ1v) is 7.87. The molecule has 1 aliphatic heterocycles. The van der Waals surface area contributed by atoms with Gasteiger partial charge in [0.2, 0.25) is 5.79 Å². The first-order valence-electron chi connectivity index (χ1n) is 7.87. The first kappa shape index (κ1) is 16.7. The van der Waals surface area contributed by atoms with E-state index >= 15 is 0 Å². The highest BCUT2D eigenvalue weighted by atomic mass is 16.8. The van der Waals surface area contributed by atoms with Crippen molar-refractivity contribution in [2.75, 3.05) is 0 Å². The molecule has 4 heteroatoms. The predicted octanol–water partition coefficient (Wildman–Crippen LogP) is 2.77. The van der Waals surface area contributed by atoms with Crippen molar-refractivity contribution in [2.24, 2.45) is 5.92 Å². The van der Waals surface area contributed by atoms with Crippen molar-refractivity contribution in [2.45, 2.75) is 76.9 Å². The average Bonchev–Trinajstić information content (AvgIpc) is 2.33. The van der Waals surface area contributed by atoms with Crippen molar-refractivity contribution in [1.82, 2.24) is 5.06 Å². The summed E-state index contributed by atoms with van der Waals surface area (Å²) in [6, 6.07) is 0. The SMILES string of the molecule is CCC1C=CC=CC1(O)ON1C(C)(C)CC(O)CC1(C)C. The number of piperidine rings is 1. The van der Waals surface area contributed by atoms with E-state index in [1.165, 1.54) is 0 Å². The Bertz CT molecular complexity index is 423. The van der Waals surface area contributed by atoms with E-state index in [0.29, 0.717) is 12.8 Å². The summed E-state index contributed by atoms with van der Waals surface area (Å²) >= 11 is 0. The van der Waals surface area contributed by atoms with Crippen molar-refractivity contribution in [1.29, 1.82) is 0 Å². The molecule has 0 aromatic rings. The molecule has 2 aliphatic rings. The van der Waals surface area contributed by atoms with Crippen LogP contribution in [0.1, 0.15) is 53.9 Å². The van der Waals surface area contributed by atoms with Gasteiger partial charge in [-0.1, -0.05) is 25.2 Å². The van der Waals surface area contributed by atoms with E-state index in [4.69, 9.17) is 4.84 Å². The number of allylic oxidation sites excluding steroid dienone is 2. The van der Waals surface area contributed by atoms with Crippen molar-refractivity contribution < 1.29 is 15.1 Å². The zero-order chi connectivity index (χ0) is 15.9. The van der Waals surface area contributed by atoms with Crippen LogP contribution in [0.15, 0.2) is 24.3 Å². The molecule has 1 heterocycles. The van der Waals surface area contributed by atoms with Crippen LogP contribution in [0.3, 0.4) is 0 Å². The molecule has 1 fully saturated rings. The molecule has 2 atom stereocenters. The number of aliphatic hydroxyl groups is 2. The zero-order valence-corrected chi connectivity index (χ0v) is 13.8. The molecule has 0 bridgehead atoms. The minimum atomic E-state index is -1.32. The van der Waals surface area contributed by atoms with Gasteiger partial charge in [-0.2, -0.15) is 5.06 Å². The second kappa shape index (κ2) is 5.51. The quantitative estimate of drug-likeness (QED) is 0.786. The summed E-state index contributed by atoms with van der Waals surface area (Å²) in [7, 11) is 0. The summed E-state index contributed by atoms with van der Waals surface area (Å²) in [6.07, 6.45) is 9.19. The molecule has 120 valence electrons. The van der Waals surface area contributed by atoms with Gasteiger partial charge in [0.1, 0.15) is 0 Å². The molecule has 0 aromatic heterocycles. The van der Waals surface area contributed by atoms with Gasteiger partial charge in [0.15, 0.2) is 0 Å². The highest BCUT2D eigenvalue weighted by Gasteiger charge is 2.50. The van der Waals surface area contributed by atoms with Gasteiger partial charge in [-0.15, -0.1) is 0 Å². The summed E-state index contributed by atoms with van der Waals surface area (Å²) in [4.78, 5) is 6.14. The fourth-order valence-electron chi connectivity index (χ4n) is 3.78. The number of aliphatic hydroxyl groups excluding tert-OH is 1. The van der Waals surface area contributed by atoms with Gasteiger partial charge in [0.25, 0.3) is 0 Å². The number of nitrogens with zero attached hydrogens (tertiary/aromatic N) is 1. The monoisotopic (exact) mass is 295 g/mol. The van der Waals surface area contributed by atoms with Gasteiger partial charge < -0.3 is 10.2 Å². The molecule has 1 saturated heterocycles. The Balaban J connectivity index is 2.27. The lowest BCUT2D eigenvalue weighted by Gasteiger charge is -2.55. The number of hydroxylamine groups is 2. The van der Waals surface area contributed by atoms with Crippen LogP contribution in [-0.2, 0) is 4.84 Å². The molecular formula is C17H29NO3. The van der Waals surface area contributed by atoms with Crippen LogP contribution < -0.4 is 0 Å². The van der Waals surface area contributed by atoms with Gasteiger partial charge >= 0.3 is 0 Å². The van der Waals surface area contributed by atoms with E-state index in [0.717, 1.165) is 6.42 Å². The van der Waals surface area contributed by atoms with Crippen molar-refractivity contribution >= 4 is 0 Å². The van der Waals surface area contributed by atoms with Gasteiger partial charge in [0.05, 0.1) is 6.10 Å². The smallest absolute Gasteiger partial charge is 0.211 e. The first-order chi connectivity index (χ1) is 9.61. The van der Waals surface area contributed by atoms with Gasteiger partial charge in [-0.05, 0) is 53.0 Å². The van der Waals surface area contributed by atoms with Crippen LogP contribution >= 0.6 is 0 Å². The lowest BCUT2D eigenvalue weighted by atomic mass is 9.80. The maximum Gasteiger partial charge on any atom is 0.211 e. The zero-order valence-electron chi connectivity index (χ0n) is 13.8. The molecule has 0 spiro atoms. The molecule has 21 heavy (non-hydrogen) atoms. The van der Waals surface area contributed by atoms with E-state index in [1.54, 1.807) is 6.08 Å². The standard InChI is InChI=1S/C17H29NO3/c1-6-13-9-7-8-10-17(13,20)21-18-15(2,3)11-14(19)12-16(18,4)5/h7-10,13-14,19-20H,6,11-12H2,1-5H3. The fourth-order valence-corrected chi connectivity index (χ4v) is 3.78. The molecule has 0 radical (unpaired) electrons. The van der Waals surface area contributed by atoms with Crippen LogP contribution in [0, 0.1) is 5.92 Å². The predicted molar refractivity (Wildman–Crippen MR) is 83.3 cm³/mol. The third-order valence-corrected chi connectivity index (χ3v) is 4.57. The maximum absolute atomic E-state index is 10.9. The highest BCUT2D eigenvalue weighted by molar-refractivity contribution is 5.18. The molecule has 1 aliphatic carbocycles. The van der Waals surface area contributed by atoms with Crippen LogP contribution in [0.25, 0.3) is 0 Å². The Labute approximate surface area is 128 Å². The van der Waals surface area contributed by atoms with E-state index < -0.39 is 5.79 Å². The maximum atomic E-state index is 10.9. The van der Waals surface area contributed by atoms with Gasteiger partial charge in [-0.3, -0.25) is 4.84 Å². The molecule has 0 aromatic carbocycles. The van der Waals surface area contributed by atoms with Crippen molar-refractivity contribution in [3.63, 3.8) is 0 Å². The molecule has 2 N–H and O–H groups in total. The second-order valence-corrected chi connectivity index (χ2v) is 7.58. The number of hydrogen-bond donors (Lipinski definition) is 2. The van der Waals surface area contributed by atoms with Crippen LogP contribution in [0.4, 0.5) is 0 Å². The van der Waals surface area contributed by atoms with E-state index in [1.807, 2.05) is 57.9 Å². The lowest BCUT2D eigenvalue weighted by Crippen LogP contribution is -2.64. The van der Waals surface area contributed by atoms with E-state index in [2.05, 4.69) is 0 Å². The molecule has 0 saturated carbocycles. The van der Waals surface area contributed by atoms with Crippen LogP contribution in [-0.4, -0.2) is 38.2 Å². The molecule has 0 amide bonds. The fraction of sp³-hybridized carbons (Fsp3) is 0.765. The van der Waals surface area contributed by atoms with Crippen molar-refractivity contribution in [3.05, 3.63) is 24.3 Å². The van der Waals surface area contributed by atoms with Crippen LogP contribution in [0.2, 0.25) is 0 Å². The summed E-state index contributed by atoms with van der Waals surface area (Å²) < 4.78 is 0. The second-order valence-electron chi connectivity index (χ2n) is 7.58. The summed E-state index contributed by atoms with van der Waals surface area (Å²) in [5.41, 5.74) is -0.686. The third kappa shape index (κ3) is 3.24. The Morgan fingerprint density at radius 1 is 1.14 bits per heavy atom. The van der Waals surface area contributed by atoms with Gasteiger partial charge in [0, 0.05) is 17.0 Å². The topological polar surface area (TPSA) is 52.9 Å². The Hall–Kier alpha value is -0.680. The molecule has 2 rings (SSSR count). The Morgan fingerprint density at radius 3 is 2.24 bits per heavy atom. The summed E-state index contributed by atoms with van der Waals surface area (Å²) in [5, 5.41) is 22.9. The third-order valence-electron chi connectivity index (χ3n) is 4.57.